The van der Waals surface area contributed by atoms with Crippen molar-refractivity contribution in [2.75, 3.05) is 26.3 Å². The van der Waals surface area contributed by atoms with Crippen molar-refractivity contribution in [2.45, 2.75) is 45.4 Å². The number of nitrogens with zero attached hydrogens (tertiary/aromatic N) is 1. The molecule has 1 N–H and O–H groups in total. The molecule has 0 bridgehead atoms. The summed E-state index contributed by atoms with van der Waals surface area (Å²) in [6.07, 6.45) is 0.723. The molecule has 1 fully saturated rings. The number of hydrogen-bond donors (Lipinski definition) is 1. The Morgan fingerprint density at radius 3 is 2.86 bits per heavy atom. The molecule has 21 heavy (non-hydrogen) atoms. The largest absolute Gasteiger partial charge is 0.493 e. The van der Waals surface area contributed by atoms with Crippen LogP contribution in [0.1, 0.15) is 38.9 Å². The number of hydrogen-bond acceptors (Lipinski definition) is 4. The molecule has 1 aliphatic rings. The minimum absolute atomic E-state index is 0.224. The molecular formula is C17H27NO3. The molecule has 1 heterocycles. The number of ether oxygens (including phenoxy) is 2. The van der Waals surface area contributed by atoms with Crippen molar-refractivity contribution >= 4 is 0 Å². The molecule has 1 aromatic carbocycles. The van der Waals surface area contributed by atoms with Gasteiger partial charge in [-0.3, -0.25) is 4.90 Å². The smallest absolute Gasteiger partial charge is 0.125 e. The van der Waals surface area contributed by atoms with Gasteiger partial charge in [0.25, 0.3) is 0 Å². The van der Waals surface area contributed by atoms with Crippen LogP contribution in [0.5, 0.6) is 5.75 Å². The summed E-state index contributed by atoms with van der Waals surface area (Å²) >= 11 is 0. The highest BCUT2D eigenvalue weighted by molar-refractivity contribution is 5.35. The summed E-state index contributed by atoms with van der Waals surface area (Å²) in [6.45, 7) is 9.05. The number of β-amino-alcohol motifs (C(OH)–C–C–N with tert-alkyl or cyclic N) is 1. The summed E-state index contributed by atoms with van der Waals surface area (Å²) < 4.78 is 11.3. The van der Waals surface area contributed by atoms with Gasteiger partial charge in [-0.25, -0.2) is 0 Å². The van der Waals surface area contributed by atoms with E-state index in [0.29, 0.717) is 19.2 Å². The molecule has 0 saturated carbocycles. The van der Waals surface area contributed by atoms with Crippen LogP contribution in [0.3, 0.4) is 0 Å². The number of morpholine rings is 1. The highest BCUT2D eigenvalue weighted by Gasteiger charge is 2.28. The molecule has 3 unspecified atom stereocenters. The molecule has 3 atom stereocenters. The van der Waals surface area contributed by atoms with Crippen LogP contribution in [0, 0.1) is 0 Å². The van der Waals surface area contributed by atoms with Gasteiger partial charge in [-0.1, -0.05) is 25.1 Å². The van der Waals surface area contributed by atoms with Crippen LogP contribution in [0.15, 0.2) is 24.3 Å². The summed E-state index contributed by atoms with van der Waals surface area (Å²) in [5.74, 6) is 0.779. The minimum atomic E-state index is -0.535. The highest BCUT2D eigenvalue weighted by atomic mass is 16.5. The molecule has 2 rings (SSSR count). The maximum atomic E-state index is 10.6. The highest BCUT2D eigenvalue weighted by Crippen LogP contribution is 2.27. The second-order valence-corrected chi connectivity index (χ2v) is 5.65. The Bertz CT molecular complexity index is 438. The first kappa shape index (κ1) is 16.3. The Labute approximate surface area is 127 Å². The summed E-state index contributed by atoms with van der Waals surface area (Å²) in [6, 6.07) is 8.13. The lowest BCUT2D eigenvalue weighted by Gasteiger charge is -2.39. The van der Waals surface area contributed by atoms with E-state index in [9.17, 15) is 5.11 Å². The van der Waals surface area contributed by atoms with Crippen LogP contribution in [0.25, 0.3) is 0 Å². The Balaban J connectivity index is 2.07. The summed E-state index contributed by atoms with van der Waals surface area (Å²) in [4.78, 5) is 2.33. The van der Waals surface area contributed by atoms with Gasteiger partial charge in [-0.15, -0.1) is 0 Å². The van der Waals surface area contributed by atoms with Gasteiger partial charge in [-0.05, 0) is 26.3 Å². The zero-order valence-electron chi connectivity index (χ0n) is 13.3. The van der Waals surface area contributed by atoms with Gasteiger partial charge >= 0.3 is 0 Å². The van der Waals surface area contributed by atoms with Gasteiger partial charge in [0.15, 0.2) is 0 Å². The number of para-hydroxylation sites is 1. The lowest BCUT2D eigenvalue weighted by Crippen LogP contribution is -2.49. The third kappa shape index (κ3) is 4.19. The van der Waals surface area contributed by atoms with Crippen molar-refractivity contribution in [1.82, 2.24) is 4.90 Å². The predicted octanol–water partition coefficient (Wildman–Crippen LogP) is 2.62. The first-order chi connectivity index (χ1) is 10.2. The topological polar surface area (TPSA) is 41.9 Å². The normalized spacial score (nSPS) is 24.8. The summed E-state index contributed by atoms with van der Waals surface area (Å²) in [5.41, 5.74) is 0.869. The summed E-state index contributed by atoms with van der Waals surface area (Å²) in [7, 11) is 0. The van der Waals surface area contributed by atoms with E-state index >= 15 is 0 Å². The Kier molecular flexibility index (Phi) is 6.03. The van der Waals surface area contributed by atoms with E-state index in [0.717, 1.165) is 30.9 Å². The van der Waals surface area contributed by atoms with Gasteiger partial charge in [0.1, 0.15) is 5.75 Å². The van der Waals surface area contributed by atoms with E-state index in [-0.39, 0.29) is 6.10 Å². The second-order valence-electron chi connectivity index (χ2n) is 5.65. The van der Waals surface area contributed by atoms with E-state index in [2.05, 4.69) is 18.7 Å². The van der Waals surface area contributed by atoms with Crippen LogP contribution >= 0.6 is 0 Å². The number of benzene rings is 1. The Morgan fingerprint density at radius 2 is 2.14 bits per heavy atom. The minimum Gasteiger partial charge on any atom is -0.493 e. The molecule has 118 valence electrons. The van der Waals surface area contributed by atoms with E-state index in [4.69, 9.17) is 9.47 Å². The quantitative estimate of drug-likeness (QED) is 0.875. The van der Waals surface area contributed by atoms with Crippen LogP contribution in [-0.2, 0) is 4.74 Å². The van der Waals surface area contributed by atoms with Crippen molar-refractivity contribution in [1.29, 1.82) is 0 Å². The van der Waals surface area contributed by atoms with Crippen molar-refractivity contribution in [3.05, 3.63) is 29.8 Å². The third-order valence-electron chi connectivity index (χ3n) is 4.04. The van der Waals surface area contributed by atoms with E-state index in [1.165, 1.54) is 0 Å². The molecule has 1 saturated heterocycles. The van der Waals surface area contributed by atoms with Gasteiger partial charge in [0.05, 0.1) is 25.4 Å². The Morgan fingerprint density at radius 1 is 1.38 bits per heavy atom. The van der Waals surface area contributed by atoms with Crippen LogP contribution in [-0.4, -0.2) is 48.5 Å². The van der Waals surface area contributed by atoms with Crippen LogP contribution < -0.4 is 4.74 Å². The average molecular weight is 293 g/mol. The first-order valence-electron chi connectivity index (χ1n) is 7.91. The van der Waals surface area contributed by atoms with Crippen LogP contribution in [0.2, 0.25) is 0 Å². The van der Waals surface area contributed by atoms with Crippen molar-refractivity contribution in [3.8, 4) is 5.75 Å². The van der Waals surface area contributed by atoms with Gasteiger partial charge in [0.2, 0.25) is 0 Å². The zero-order valence-corrected chi connectivity index (χ0v) is 13.3. The molecular weight excluding hydrogens is 266 g/mol. The fourth-order valence-corrected chi connectivity index (χ4v) is 2.88. The molecule has 0 amide bonds. The molecule has 0 spiro atoms. The predicted molar refractivity (Wildman–Crippen MR) is 83.6 cm³/mol. The average Bonchev–Trinajstić information content (AvgIpc) is 2.48. The maximum absolute atomic E-state index is 10.6. The number of rotatable bonds is 6. The Hall–Kier alpha value is -1.10. The van der Waals surface area contributed by atoms with Crippen molar-refractivity contribution in [3.63, 3.8) is 0 Å². The molecule has 0 radical (unpaired) electrons. The van der Waals surface area contributed by atoms with Gasteiger partial charge < -0.3 is 14.6 Å². The van der Waals surface area contributed by atoms with Crippen LogP contribution in [0.4, 0.5) is 0 Å². The zero-order chi connectivity index (χ0) is 15.2. The monoisotopic (exact) mass is 293 g/mol. The fraction of sp³-hybridized carbons (Fsp3) is 0.647. The maximum Gasteiger partial charge on any atom is 0.125 e. The molecule has 4 nitrogen and oxygen atoms in total. The standard InChI is InChI=1S/C17H27NO3/c1-4-14-12-21-13(3)10-18(14)11-16(19)15-8-6-7-9-17(15)20-5-2/h6-9,13-14,16,19H,4-5,10-12H2,1-3H3. The van der Waals surface area contributed by atoms with E-state index < -0.39 is 6.10 Å². The molecule has 0 aliphatic carbocycles. The lowest BCUT2D eigenvalue weighted by atomic mass is 10.0. The number of aliphatic hydroxyl groups is 1. The summed E-state index contributed by atoms with van der Waals surface area (Å²) in [5, 5.41) is 10.6. The SMILES string of the molecule is CCOc1ccccc1C(O)CN1CC(C)OCC1CC. The second kappa shape index (κ2) is 7.78. The van der Waals surface area contributed by atoms with E-state index in [1.54, 1.807) is 0 Å². The molecule has 1 aromatic rings. The van der Waals surface area contributed by atoms with Gasteiger partial charge in [0, 0.05) is 24.7 Å². The van der Waals surface area contributed by atoms with Crippen molar-refractivity contribution in [2.24, 2.45) is 0 Å². The van der Waals surface area contributed by atoms with E-state index in [1.807, 2.05) is 31.2 Å². The first-order valence-corrected chi connectivity index (χ1v) is 7.91. The third-order valence-corrected chi connectivity index (χ3v) is 4.04. The lowest BCUT2D eigenvalue weighted by molar-refractivity contribution is -0.0683. The fourth-order valence-electron chi connectivity index (χ4n) is 2.88. The molecule has 0 aromatic heterocycles. The van der Waals surface area contributed by atoms with Gasteiger partial charge in [-0.2, -0.15) is 0 Å². The molecule has 4 heteroatoms. The number of aliphatic hydroxyl groups excluding tert-OH is 1. The molecule has 1 aliphatic heterocycles. The van der Waals surface area contributed by atoms with Crippen molar-refractivity contribution < 1.29 is 14.6 Å².